The van der Waals surface area contributed by atoms with E-state index in [0.29, 0.717) is 5.56 Å². The molecule has 2 nitrogen and oxygen atoms in total. The molecule has 0 atom stereocenters. The number of fused-ring (bicyclic) bond motifs is 6. The first-order chi connectivity index (χ1) is 19.8. The molecule has 0 saturated carbocycles. The second-order valence-corrected chi connectivity index (χ2v) is 11.0. The Balaban J connectivity index is 1.46. The Bertz CT molecular complexity index is 2280. The van der Waals surface area contributed by atoms with Crippen molar-refractivity contribution in [3.05, 3.63) is 133 Å². The molecular formula is C37H21NOS. The minimum absolute atomic E-state index is 0.648. The first-order valence-electron chi connectivity index (χ1n) is 13.3. The van der Waals surface area contributed by atoms with Crippen molar-refractivity contribution in [1.29, 1.82) is 5.26 Å². The molecule has 0 spiro atoms. The van der Waals surface area contributed by atoms with Crippen molar-refractivity contribution < 1.29 is 4.42 Å². The summed E-state index contributed by atoms with van der Waals surface area (Å²) in [6, 6.07) is 46.5. The zero-order valence-electron chi connectivity index (χ0n) is 21.4. The van der Waals surface area contributed by atoms with E-state index >= 15 is 0 Å². The fraction of sp³-hybridized carbons (Fsp3) is 0. The van der Waals surface area contributed by atoms with Crippen LogP contribution in [0, 0.1) is 11.3 Å². The molecule has 8 aromatic rings. The van der Waals surface area contributed by atoms with Gasteiger partial charge < -0.3 is 4.42 Å². The van der Waals surface area contributed by atoms with Crippen LogP contribution in [0.2, 0.25) is 0 Å². The Morgan fingerprint density at radius 1 is 0.525 bits per heavy atom. The van der Waals surface area contributed by atoms with Gasteiger partial charge in [0.1, 0.15) is 17.2 Å². The van der Waals surface area contributed by atoms with Crippen molar-refractivity contribution in [2.24, 2.45) is 0 Å². The average Bonchev–Trinajstić information content (AvgIpc) is 3.59. The second-order valence-electron chi connectivity index (χ2n) is 9.95. The molecule has 0 aliphatic rings. The first kappa shape index (κ1) is 22.8. The third kappa shape index (κ3) is 3.34. The summed E-state index contributed by atoms with van der Waals surface area (Å²) >= 11 is 1.81. The maximum Gasteiger partial charge on any atom is 0.143 e. The predicted octanol–water partition coefficient (Wildman–Crippen LogP) is 10.8. The van der Waals surface area contributed by atoms with E-state index in [2.05, 4.69) is 97.1 Å². The summed E-state index contributed by atoms with van der Waals surface area (Å²) < 4.78 is 8.88. The maximum atomic E-state index is 10.8. The zero-order valence-corrected chi connectivity index (χ0v) is 22.2. The molecule has 0 unspecified atom stereocenters. The van der Waals surface area contributed by atoms with Crippen LogP contribution >= 0.6 is 11.3 Å². The lowest BCUT2D eigenvalue weighted by molar-refractivity contribution is 0.670. The van der Waals surface area contributed by atoms with Gasteiger partial charge in [-0.2, -0.15) is 5.26 Å². The number of furan rings is 1. The molecule has 0 N–H and O–H groups in total. The highest BCUT2D eigenvalue weighted by molar-refractivity contribution is 7.26. The van der Waals surface area contributed by atoms with Gasteiger partial charge in [0.2, 0.25) is 0 Å². The van der Waals surface area contributed by atoms with Crippen LogP contribution in [0.5, 0.6) is 0 Å². The van der Waals surface area contributed by atoms with Crippen LogP contribution in [0.15, 0.2) is 132 Å². The first-order valence-corrected chi connectivity index (χ1v) is 14.1. The van der Waals surface area contributed by atoms with E-state index in [1.165, 1.54) is 20.2 Å². The Morgan fingerprint density at radius 3 is 2.05 bits per heavy atom. The predicted molar refractivity (Wildman–Crippen MR) is 168 cm³/mol. The van der Waals surface area contributed by atoms with Crippen molar-refractivity contribution in [3.8, 4) is 39.4 Å². The van der Waals surface area contributed by atoms with Crippen LogP contribution in [0.25, 0.3) is 75.5 Å². The zero-order chi connectivity index (χ0) is 26.6. The number of hydrogen-bond donors (Lipinski definition) is 0. The summed E-state index contributed by atoms with van der Waals surface area (Å²) in [5, 5.41) is 15.4. The molecule has 0 aliphatic heterocycles. The van der Waals surface area contributed by atoms with Crippen LogP contribution in [0.1, 0.15) is 5.56 Å². The minimum atomic E-state index is 0.648. The summed E-state index contributed by atoms with van der Waals surface area (Å²) in [5.74, 6) is 0. The summed E-state index contributed by atoms with van der Waals surface area (Å²) in [6.45, 7) is 0. The third-order valence-electron chi connectivity index (χ3n) is 7.77. The van der Waals surface area contributed by atoms with Crippen molar-refractivity contribution in [2.75, 3.05) is 0 Å². The number of thiophene rings is 1. The van der Waals surface area contributed by atoms with Gasteiger partial charge in [-0.25, -0.2) is 0 Å². The normalized spacial score (nSPS) is 11.5. The van der Waals surface area contributed by atoms with Crippen LogP contribution in [0.3, 0.4) is 0 Å². The molecule has 2 aromatic heterocycles. The average molecular weight is 528 g/mol. The van der Waals surface area contributed by atoms with E-state index < -0.39 is 0 Å². The lowest BCUT2D eigenvalue weighted by Gasteiger charge is -2.17. The molecule has 3 heteroatoms. The Labute approximate surface area is 235 Å². The summed E-state index contributed by atoms with van der Waals surface area (Å²) in [6.07, 6.45) is 0. The quantitative estimate of drug-likeness (QED) is 0.229. The molecule has 0 aliphatic carbocycles. The molecule has 0 fully saturated rings. The smallest absolute Gasteiger partial charge is 0.143 e. The number of nitrogens with zero attached hydrogens (tertiary/aromatic N) is 1. The number of benzene rings is 6. The number of para-hydroxylation sites is 2. The molecule has 186 valence electrons. The van der Waals surface area contributed by atoms with Crippen LogP contribution < -0.4 is 0 Å². The molecule has 40 heavy (non-hydrogen) atoms. The highest BCUT2D eigenvalue weighted by Gasteiger charge is 2.22. The van der Waals surface area contributed by atoms with Gasteiger partial charge in [-0.05, 0) is 23.3 Å². The number of nitriles is 1. The summed E-state index contributed by atoms with van der Waals surface area (Å²) in [4.78, 5) is 0. The molecule has 8 rings (SSSR count). The van der Waals surface area contributed by atoms with Gasteiger partial charge in [0.05, 0.1) is 5.56 Å². The molecule has 2 heterocycles. The van der Waals surface area contributed by atoms with Gasteiger partial charge in [0, 0.05) is 53.2 Å². The van der Waals surface area contributed by atoms with Crippen molar-refractivity contribution in [3.63, 3.8) is 0 Å². The Morgan fingerprint density at radius 2 is 1.20 bits per heavy atom. The van der Waals surface area contributed by atoms with Gasteiger partial charge in [-0.1, -0.05) is 115 Å². The van der Waals surface area contributed by atoms with E-state index in [1.54, 1.807) is 0 Å². The van der Waals surface area contributed by atoms with Crippen LogP contribution in [0.4, 0.5) is 0 Å². The van der Waals surface area contributed by atoms with E-state index in [0.717, 1.165) is 55.3 Å². The second kappa shape index (κ2) is 8.95. The monoisotopic (exact) mass is 527 g/mol. The largest absolute Gasteiger partial charge is 0.455 e. The molecular weight excluding hydrogens is 506 g/mol. The van der Waals surface area contributed by atoms with E-state index in [4.69, 9.17) is 4.42 Å². The fourth-order valence-corrected chi connectivity index (χ4v) is 7.22. The van der Waals surface area contributed by atoms with E-state index in [9.17, 15) is 5.26 Å². The molecule has 0 radical (unpaired) electrons. The summed E-state index contributed by atoms with van der Waals surface area (Å²) in [7, 11) is 0. The molecule has 6 aromatic carbocycles. The molecule has 0 bridgehead atoms. The van der Waals surface area contributed by atoms with Gasteiger partial charge >= 0.3 is 0 Å². The third-order valence-corrected chi connectivity index (χ3v) is 8.99. The number of hydrogen-bond acceptors (Lipinski definition) is 3. The fourth-order valence-electron chi connectivity index (χ4n) is 5.99. The molecule has 0 saturated heterocycles. The Kier molecular flexibility index (Phi) is 5.10. The highest BCUT2D eigenvalue weighted by atomic mass is 32.1. The van der Waals surface area contributed by atoms with Gasteiger partial charge in [-0.3, -0.25) is 0 Å². The van der Waals surface area contributed by atoms with Crippen molar-refractivity contribution in [2.45, 2.75) is 0 Å². The van der Waals surface area contributed by atoms with Gasteiger partial charge in [0.25, 0.3) is 0 Å². The highest BCUT2D eigenvalue weighted by Crippen LogP contribution is 2.46. The number of rotatable bonds is 3. The Hall–Kier alpha value is -5.17. The summed E-state index contributed by atoms with van der Waals surface area (Å²) in [5.41, 5.74) is 8.26. The van der Waals surface area contributed by atoms with E-state index in [-0.39, 0.29) is 0 Å². The molecule has 0 amide bonds. The minimum Gasteiger partial charge on any atom is -0.455 e. The standard InChI is InChI=1S/C37H21NOS/c38-22-32-24(28-14-8-15-29-25-12-4-6-18-33(25)39-36(28)29)20-21-27(35(32)23-10-2-1-3-11-23)31-17-9-16-30-26-13-5-7-19-34(26)40-37(30)31/h1-21H. The maximum absolute atomic E-state index is 10.8. The SMILES string of the molecule is N#Cc1c(-c2cccc3c2oc2ccccc23)ccc(-c2cccc3c2sc2ccccc23)c1-c1ccccc1. The van der Waals surface area contributed by atoms with Crippen molar-refractivity contribution >= 4 is 53.4 Å². The lowest BCUT2D eigenvalue weighted by atomic mass is 9.85. The van der Waals surface area contributed by atoms with E-state index in [1.807, 2.05) is 47.7 Å². The van der Waals surface area contributed by atoms with Crippen LogP contribution in [-0.2, 0) is 0 Å². The topological polar surface area (TPSA) is 36.9 Å². The van der Waals surface area contributed by atoms with Gasteiger partial charge in [0.15, 0.2) is 0 Å². The lowest BCUT2D eigenvalue weighted by Crippen LogP contribution is -1.94. The van der Waals surface area contributed by atoms with Crippen molar-refractivity contribution in [1.82, 2.24) is 0 Å². The van der Waals surface area contributed by atoms with Crippen LogP contribution in [-0.4, -0.2) is 0 Å². The van der Waals surface area contributed by atoms with Gasteiger partial charge in [-0.15, -0.1) is 11.3 Å².